The van der Waals surface area contributed by atoms with E-state index < -0.39 is 0 Å². The van der Waals surface area contributed by atoms with E-state index in [9.17, 15) is 14.4 Å². The fourth-order valence-corrected chi connectivity index (χ4v) is 4.87. The number of carbonyl (C=O) groups excluding carboxylic acids is 3. The molecule has 200 valence electrons. The summed E-state index contributed by atoms with van der Waals surface area (Å²) in [6, 6.07) is 11.4. The summed E-state index contributed by atoms with van der Waals surface area (Å²) in [6.45, 7) is 9.99. The number of aromatic nitrogens is 1. The van der Waals surface area contributed by atoms with E-state index in [0.29, 0.717) is 55.6 Å². The number of ether oxygens (including phenoxy) is 1. The molecule has 2 aromatic rings. The lowest BCUT2D eigenvalue weighted by molar-refractivity contribution is -0.133. The van der Waals surface area contributed by atoms with Crippen LogP contribution in [-0.4, -0.2) is 64.8 Å². The average molecular weight is 527 g/mol. The minimum atomic E-state index is -0.172. The van der Waals surface area contributed by atoms with Crippen molar-refractivity contribution in [2.75, 3.05) is 32.0 Å². The highest BCUT2D eigenvalue weighted by Gasteiger charge is 2.28. The van der Waals surface area contributed by atoms with E-state index in [1.54, 1.807) is 16.7 Å². The van der Waals surface area contributed by atoms with E-state index in [2.05, 4.69) is 10.6 Å². The highest BCUT2D eigenvalue weighted by Crippen LogP contribution is 2.29. The number of aryl methyl sites for hydroxylation is 1. The molecule has 2 heterocycles. The largest absolute Gasteiger partial charge is 0.494 e. The van der Waals surface area contributed by atoms with Crippen LogP contribution in [0.2, 0.25) is 0 Å². The van der Waals surface area contributed by atoms with Crippen LogP contribution in [0.4, 0.5) is 0 Å². The predicted molar refractivity (Wildman–Crippen MR) is 147 cm³/mol. The number of rotatable bonds is 11. The van der Waals surface area contributed by atoms with Crippen LogP contribution in [-0.2, 0) is 16.1 Å². The second-order valence-corrected chi connectivity index (χ2v) is 11.0. The molecular formula is C28H38N4O4S. The molecule has 1 fully saturated rings. The fraction of sp³-hybridized carbons (Fsp3) is 0.500. The lowest BCUT2D eigenvalue weighted by Crippen LogP contribution is -2.44. The van der Waals surface area contributed by atoms with Crippen molar-refractivity contribution in [3.8, 4) is 5.75 Å². The van der Waals surface area contributed by atoms with Crippen molar-refractivity contribution in [2.24, 2.45) is 0 Å². The molecule has 37 heavy (non-hydrogen) atoms. The number of para-hydroxylation sites is 1. The van der Waals surface area contributed by atoms with Gasteiger partial charge in [-0.3, -0.25) is 19.4 Å². The first-order chi connectivity index (χ1) is 17.8. The van der Waals surface area contributed by atoms with E-state index in [1.807, 2.05) is 64.1 Å². The molecule has 0 spiro atoms. The highest BCUT2D eigenvalue weighted by atomic mass is 32.2. The summed E-state index contributed by atoms with van der Waals surface area (Å²) in [5.41, 5.74) is 3.12. The third-order valence-corrected chi connectivity index (χ3v) is 7.33. The topological polar surface area (TPSA) is 101 Å². The molecule has 1 aliphatic heterocycles. The first-order valence-electron chi connectivity index (χ1n) is 12.9. The lowest BCUT2D eigenvalue weighted by Gasteiger charge is -2.32. The zero-order valence-electron chi connectivity index (χ0n) is 22.2. The van der Waals surface area contributed by atoms with Crippen LogP contribution < -0.4 is 15.4 Å². The summed E-state index contributed by atoms with van der Waals surface area (Å²) in [5.74, 6) is 0.829. The monoisotopic (exact) mass is 526 g/mol. The van der Waals surface area contributed by atoms with E-state index in [1.165, 1.54) is 0 Å². The van der Waals surface area contributed by atoms with Crippen molar-refractivity contribution in [2.45, 2.75) is 58.2 Å². The minimum absolute atomic E-state index is 0.0156. The molecule has 8 nitrogen and oxygen atoms in total. The van der Waals surface area contributed by atoms with Crippen molar-refractivity contribution in [3.05, 3.63) is 58.9 Å². The standard InChI is InChI=1S/C28H38N4O4S/c1-5-36-24-9-7-6-8-22(24)16-30-28(35)23-11-10-20(4)31-27(23)21-12-14-32(15-13-21)26(34)17-29-25(33)18-37-19(2)3/h6-11,19,21H,5,12-18H2,1-4H3,(H,29,33)(H,30,35). The van der Waals surface area contributed by atoms with Gasteiger partial charge < -0.3 is 20.3 Å². The van der Waals surface area contributed by atoms with Crippen molar-refractivity contribution in [3.63, 3.8) is 0 Å². The molecule has 0 radical (unpaired) electrons. The number of nitrogens with one attached hydrogen (secondary N) is 2. The molecule has 0 aliphatic carbocycles. The van der Waals surface area contributed by atoms with Gasteiger partial charge >= 0.3 is 0 Å². The minimum Gasteiger partial charge on any atom is -0.494 e. The Kier molecular flexibility index (Phi) is 10.8. The van der Waals surface area contributed by atoms with Crippen LogP contribution in [0, 0.1) is 6.92 Å². The number of pyridine rings is 1. The third-order valence-electron chi connectivity index (χ3n) is 6.24. The molecule has 0 atom stereocenters. The summed E-state index contributed by atoms with van der Waals surface area (Å²) in [6.07, 6.45) is 1.43. The van der Waals surface area contributed by atoms with Crippen LogP contribution in [0.5, 0.6) is 5.75 Å². The van der Waals surface area contributed by atoms with Crippen LogP contribution in [0.3, 0.4) is 0 Å². The van der Waals surface area contributed by atoms with Crippen molar-refractivity contribution in [1.82, 2.24) is 20.5 Å². The predicted octanol–water partition coefficient (Wildman–Crippen LogP) is 3.68. The maximum absolute atomic E-state index is 13.2. The van der Waals surface area contributed by atoms with Crippen LogP contribution >= 0.6 is 11.8 Å². The van der Waals surface area contributed by atoms with Crippen molar-refractivity contribution >= 4 is 29.5 Å². The molecule has 1 saturated heterocycles. The molecular weight excluding hydrogens is 488 g/mol. The van der Waals surface area contributed by atoms with Crippen LogP contribution in [0.1, 0.15) is 66.8 Å². The second kappa shape index (κ2) is 14.0. The number of nitrogens with zero attached hydrogens (tertiary/aromatic N) is 2. The number of hydrogen-bond donors (Lipinski definition) is 2. The molecule has 0 bridgehead atoms. The smallest absolute Gasteiger partial charge is 0.253 e. The zero-order chi connectivity index (χ0) is 26.8. The second-order valence-electron chi connectivity index (χ2n) is 9.40. The molecule has 0 unspecified atom stereocenters. The van der Waals surface area contributed by atoms with Gasteiger partial charge in [0.25, 0.3) is 5.91 Å². The average Bonchev–Trinajstić information content (AvgIpc) is 2.90. The normalized spacial score (nSPS) is 13.9. The molecule has 2 N–H and O–H groups in total. The number of thioether (sulfide) groups is 1. The Bertz CT molecular complexity index is 1080. The Hall–Kier alpha value is -3.07. The SMILES string of the molecule is CCOc1ccccc1CNC(=O)c1ccc(C)nc1C1CCN(C(=O)CNC(=O)CSC(C)C)CC1. The summed E-state index contributed by atoms with van der Waals surface area (Å²) in [5, 5.41) is 6.11. The quantitative estimate of drug-likeness (QED) is 0.463. The van der Waals surface area contributed by atoms with Gasteiger partial charge in [-0.25, -0.2) is 0 Å². The summed E-state index contributed by atoms with van der Waals surface area (Å²) >= 11 is 1.55. The van der Waals surface area contributed by atoms with Gasteiger partial charge in [0.15, 0.2) is 0 Å². The van der Waals surface area contributed by atoms with Gasteiger partial charge in [-0.2, -0.15) is 0 Å². The van der Waals surface area contributed by atoms with E-state index in [0.717, 1.165) is 22.7 Å². The number of benzene rings is 1. The molecule has 0 saturated carbocycles. The van der Waals surface area contributed by atoms with Crippen LogP contribution in [0.25, 0.3) is 0 Å². The number of likely N-dealkylation sites (tertiary alicyclic amines) is 1. The number of carbonyl (C=O) groups is 3. The van der Waals surface area contributed by atoms with Gasteiger partial charge in [-0.15, -0.1) is 11.8 Å². The summed E-state index contributed by atoms with van der Waals surface area (Å²) < 4.78 is 5.67. The first-order valence-corrected chi connectivity index (χ1v) is 14.0. The fourth-order valence-electron chi connectivity index (χ4n) is 4.28. The van der Waals surface area contributed by atoms with E-state index in [4.69, 9.17) is 9.72 Å². The van der Waals surface area contributed by atoms with Gasteiger partial charge in [-0.1, -0.05) is 32.0 Å². The first kappa shape index (κ1) is 28.5. The molecule has 9 heteroatoms. The van der Waals surface area contributed by atoms with Gasteiger partial charge in [0.1, 0.15) is 5.75 Å². The molecule has 1 aliphatic rings. The number of amides is 3. The van der Waals surface area contributed by atoms with Crippen molar-refractivity contribution < 1.29 is 19.1 Å². The maximum Gasteiger partial charge on any atom is 0.253 e. The van der Waals surface area contributed by atoms with E-state index >= 15 is 0 Å². The van der Waals surface area contributed by atoms with Gasteiger partial charge in [-0.05, 0) is 50.1 Å². The van der Waals surface area contributed by atoms with Gasteiger partial charge in [0.2, 0.25) is 11.8 Å². The third kappa shape index (κ3) is 8.49. The summed E-state index contributed by atoms with van der Waals surface area (Å²) in [4.78, 5) is 44.3. The van der Waals surface area contributed by atoms with Gasteiger partial charge in [0, 0.05) is 36.8 Å². The van der Waals surface area contributed by atoms with E-state index in [-0.39, 0.29) is 30.2 Å². The van der Waals surface area contributed by atoms with Crippen LogP contribution in [0.15, 0.2) is 36.4 Å². The molecule has 3 amide bonds. The lowest BCUT2D eigenvalue weighted by atomic mass is 9.89. The Balaban J connectivity index is 1.58. The molecule has 1 aromatic heterocycles. The van der Waals surface area contributed by atoms with Crippen molar-refractivity contribution in [1.29, 1.82) is 0 Å². The maximum atomic E-state index is 13.2. The number of piperidine rings is 1. The number of hydrogen-bond acceptors (Lipinski definition) is 6. The Morgan fingerprint density at radius 2 is 1.84 bits per heavy atom. The van der Waals surface area contributed by atoms with Gasteiger partial charge in [0.05, 0.1) is 30.2 Å². The highest BCUT2D eigenvalue weighted by molar-refractivity contribution is 8.00. The molecule has 3 rings (SSSR count). The zero-order valence-corrected chi connectivity index (χ0v) is 23.0. The molecule has 1 aromatic carbocycles. The Morgan fingerprint density at radius 3 is 2.54 bits per heavy atom. The Labute approximate surface area is 223 Å². The summed E-state index contributed by atoms with van der Waals surface area (Å²) in [7, 11) is 0. The Morgan fingerprint density at radius 1 is 1.11 bits per heavy atom.